The number of ether oxygens (including phenoxy) is 2. The Morgan fingerprint density at radius 2 is 1.65 bits per heavy atom. The van der Waals surface area contributed by atoms with Crippen LogP contribution in [-0.4, -0.2) is 26.0 Å². The second-order valence-corrected chi connectivity index (χ2v) is 4.58. The fourth-order valence-electron chi connectivity index (χ4n) is 2.29. The Morgan fingerprint density at radius 1 is 0.950 bits per heavy atom. The van der Waals surface area contributed by atoms with Crippen molar-refractivity contribution in [2.75, 3.05) is 25.1 Å². The van der Waals surface area contributed by atoms with E-state index < -0.39 is 0 Å². The van der Waals surface area contributed by atoms with E-state index in [1.807, 2.05) is 13.8 Å². The van der Waals surface area contributed by atoms with Crippen molar-refractivity contribution in [2.24, 2.45) is 0 Å². The van der Waals surface area contributed by atoms with Crippen LogP contribution >= 0.6 is 0 Å². The molecule has 2 rings (SSSR count). The number of hydrogen-bond donors (Lipinski definition) is 1. The van der Waals surface area contributed by atoms with Crippen molar-refractivity contribution in [1.82, 2.24) is 0 Å². The predicted octanol–water partition coefficient (Wildman–Crippen LogP) is 4.04. The quantitative estimate of drug-likeness (QED) is 0.736. The van der Waals surface area contributed by atoms with Crippen LogP contribution in [-0.2, 0) is 9.47 Å². The molecule has 2 aromatic carbocycles. The van der Waals surface area contributed by atoms with Crippen molar-refractivity contribution in [1.29, 1.82) is 0 Å². The van der Waals surface area contributed by atoms with Crippen LogP contribution in [0.4, 0.5) is 5.69 Å². The van der Waals surface area contributed by atoms with Gasteiger partial charge in [-0.05, 0) is 25.3 Å². The first-order chi connectivity index (χ1) is 9.85. The molecule has 2 aromatic rings. The zero-order valence-electron chi connectivity index (χ0n) is 12.3. The monoisotopic (exact) mass is 273 g/mol. The molecule has 0 aliphatic rings. The first-order valence-corrected chi connectivity index (χ1v) is 7.30. The Hall–Kier alpha value is -1.58. The first-order valence-electron chi connectivity index (χ1n) is 7.30. The van der Waals surface area contributed by atoms with Gasteiger partial charge < -0.3 is 14.8 Å². The summed E-state index contributed by atoms with van der Waals surface area (Å²) in [5, 5.41) is 5.98. The molecule has 0 amide bonds. The van der Waals surface area contributed by atoms with Crippen molar-refractivity contribution >= 4 is 16.5 Å². The zero-order valence-corrected chi connectivity index (χ0v) is 12.3. The molecule has 0 fully saturated rings. The number of hydrogen-bond acceptors (Lipinski definition) is 3. The van der Waals surface area contributed by atoms with E-state index in [0.717, 1.165) is 18.7 Å². The molecule has 0 bridgehead atoms. The highest BCUT2D eigenvalue weighted by molar-refractivity contribution is 5.93. The van der Waals surface area contributed by atoms with Crippen LogP contribution in [0.25, 0.3) is 10.8 Å². The Labute approximate surface area is 120 Å². The van der Waals surface area contributed by atoms with Crippen LogP contribution in [0.1, 0.15) is 20.3 Å². The van der Waals surface area contributed by atoms with Gasteiger partial charge >= 0.3 is 0 Å². The van der Waals surface area contributed by atoms with Crippen molar-refractivity contribution in [3.63, 3.8) is 0 Å². The normalized spacial score (nSPS) is 11.2. The minimum absolute atomic E-state index is 0.118. The largest absolute Gasteiger partial charge is 0.384 e. The maximum Gasteiger partial charge on any atom is 0.159 e. The number of benzene rings is 2. The molecule has 0 unspecified atom stereocenters. The SMILES string of the molecule is CCOC(CCNc1cccc2ccccc12)OCC. The molecule has 0 aromatic heterocycles. The minimum atomic E-state index is -0.118. The van der Waals surface area contributed by atoms with Crippen LogP contribution in [0.3, 0.4) is 0 Å². The number of rotatable bonds is 8. The van der Waals surface area contributed by atoms with Gasteiger partial charge in [0.25, 0.3) is 0 Å². The van der Waals surface area contributed by atoms with E-state index in [-0.39, 0.29) is 6.29 Å². The molecule has 108 valence electrons. The molecule has 1 N–H and O–H groups in total. The van der Waals surface area contributed by atoms with E-state index in [9.17, 15) is 0 Å². The Morgan fingerprint density at radius 3 is 2.40 bits per heavy atom. The molecule has 3 heteroatoms. The van der Waals surface area contributed by atoms with E-state index >= 15 is 0 Å². The molecular formula is C17H23NO2. The Bertz CT molecular complexity index is 516. The van der Waals surface area contributed by atoms with Crippen LogP contribution < -0.4 is 5.32 Å². The van der Waals surface area contributed by atoms with Gasteiger partial charge in [0.15, 0.2) is 6.29 Å². The van der Waals surface area contributed by atoms with Gasteiger partial charge in [0.2, 0.25) is 0 Å². The standard InChI is InChI=1S/C17H23NO2/c1-3-19-17(20-4-2)12-13-18-16-11-7-9-14-8-5-6-10-15(14)16/h5-11,17-18H,3-4,12-13H2,1-2H3. The maximum absolute atomic E-state index is 5.55. The molecule has 0 heterocycles. The van der Waals surface area contributed by atoms with Gasteiger partial charge in [-0.25, -0.2) is 0 Å². The summed E-state index contributed by atoms with van der Waals surface area (Å²) in [6.45, 7) is 6.17. The molecule has 0 saturated heterocycles. The second-order valence-electron chi connectivity index (χ2n) is 4.58. The van der Waals surface area contributed by atoms with E-state index in [2.05, 4.69) is 47.8 Å². The van der Waals surface area contributed by atoms with Gasteiger partial charge in [0, 0.05) is 37.3 Å². The molecule has 0 spiro atoms. The topological polar surface area (TPSA) is 30.5 Å². The highest BCUT2D eigenvalue weighted by Gasteiger charge is 2.07. The molecule has 0 aliphatic heterocycles. The smallest absolute Gasteiger partial charge is 0.159 e. The first kappa shape index (κ1) is 14.8. The lowest BCUT2D eigenvalue weighted by atomic mass is 10.1. The summed E-state index contributed by atoms with van der Waals surface area (Å²) in [5.74, 6) is 0. The van der Waals surface area contributed by atoms with Gasteiger partial charge in [-0.3, -0.25) is 0 Å². The molecule has 0 saturated carbocycles. The van der Waals surface area contributed by atoms with Crippen molar-refractivity contribution in [3.8, 4) is 0 Å². The third-order valence-electron chi connectivity index (χ3n) is 3.19. The molecule has 0 atom stereocenters. The van der Waals surface area contributed by atoms with E-state index in [1.165, 1.54) is 10.8 Å². The van der Waals surface area contributed by atoms with E-state index in [4.69, 9.17) is 9.47 Å². The van der Waals surface area contributed by atoms with Crippen LogP contribution in [0.5, 0.6) is 0 Å². The van der Waals surface area contributed by atoms with Crippen molar-refractivity contribution < 1.29 is 9.47 Å². The third-order valence-corrected chi connectivity index (χ3v) is 3.19. The average molecular weight is 273 g/mol. The summed E-state index contributed by atoms with van der Waals surface area (Å²) in [6.07, 6.45) is 0.720. The lowest BCUT2D eigenvalue weighted by molar-refractivity contribution is -0.137. The molecule has 20 heavy (non-hydrogen) atoms. The van der Waals surface area contributed by atoms with Crippen LogP contribution in [0.15, 0.2) is 42.5 Å². The van der Waals surface area contributed by atoms with Crippen molar-refractivity contribution in [2.45, 2.75) is 26.6 Å². The minimum Gasteiger partial charge on any atom is -0.384 e. The summed E-state index contributed by atoms with van der Waals surface area (Å²) in [5.41, 5.74) is 1.16. The summed E-state index contributed by atoms with van der Waals surface area (Å²) in [4.78, 5) is 0. The van der Waals surface area contributed by atoms with Crippen LogP contribution in [0.2, 0.25) is 0 Å². The number of nitrogens with one attached hydrogen (secondary N) is 1. The highest BCUT2D eigenvalue weighted by Crippen LogP contribution is 2.22. The fraction of sp³-hybridized carbons (Fsp3) is 0.412. The average Bonchev–Trinajstić information content (AvgIpc) is 2.48. The van der Waals surface area contributed by atoms with E-state index in [1.54, 1.807) is 0 Å². The molecule has 0 radical (unpaired) electrons. The summed E-state index contributed by atoms with van der Waals surface area (Å²) in [7, 11) is 0. The van der Waals surface area contributed by atoms with Gasteiger partial charge in [-0.15, -0.1) is 0 Å². The lowest BCUT2D eigenvalue weighted by Gasteiger charge is -2.17. The highest BCUT2D eigenvalue weighted by atomic mass is 16.7. The second kappa shape index (κ2) is 7.88. The van der Waals surface area contributed by atoms with E-state index in [0.29, 0.717) is 13.2 Å². The number of anilines is 1. The summed E-state index contributed by atoms with van der Waals surface area (Å²) in [6, 6.07) is 14.7. The van der Waals surface area contributed by atoms with Crippen LogP contribution in [0, 0.1) is 0 Å². The molecular weight excluding hydrogens is 250 g/mol. The Kier molecular flexibility index (Phi) is 5.84. The third kappa shape index (κ3) is 3.95. The zero-order chi connectivity index (χ0) is 14.2. The summed E-state index contributed by atoms with van der Waals surface area (Å²) < 4.78 is 11.1. The van der Waals surface area contributed by atoms with Crippen molar-refractivity contribution in [3.05, 3.63) is 42.5 Å². The fourth-order valence-corrected chi connectivity index (χ4v) is 2.29. The predicted molar refractivity (Wildman–Crippen MR) is 84.1 cm³/mol. The van der Waals surface area contributed by atoms with Gasteiger partial charge in [-0.2, -0.15) is 0 Å². The summed E-state index contributed by atoms with van der Waals surface area (Å²) >= 11 is 0. The Balaban J connectivity index is 1.95. The number of fused-ring (bicyclic) bond motifs is 1. The molecule has 0 aliphatic carbocycles. The van der Waals surface area contributed by atoms with Gasteiger partial charge in [0.05, 0.1) is 0 Å². The van der Waals surface area contributed by atoms with Gasteiger partial charge in [0.1, 0.15) is 0 Å². The lowest BCUT2D eigenvalue weighted by Crippen LogP contribution is -2.21. The molecule has 3 nitrogen and oxygen atoms in total. The maximum atomic E-state index is 5.55. The van der Waals surface area contributed by atoms with Gasteiger partial charge in [-0.1, -0.05) is 36.4 Å².